The second-order valence-corrected chi connectivity index (χ2v) is 6.45. The van der Waals surface area contributed by atoms with Gasteiger partial charge in [-0.2, -0.15) is 0 Å². The molecule has 19 heavy (non-hydrogen) atoms. The summed E-state index contributed by atoms with van der Waals surface area (Å²) in [6.45, 7) is 6.84. The zero-order valence-corrected chi connectivity index (χ0v) is 12.5. The van der Waals surface area contributed by atoms with E-state index in [1.165, 1.54) is 51.6 Å². The fourth-order valence-corrected chi connectivity index (χ4v) is 3.11. The highest BCUT2D eigenvalue weighted by Gasteiger charge is 2.28. The molecule has 0 radical (unpaired) electrons. The smallest absolute Gasteiger partial charge is 0.225 e. The van der Waals surface area contributed by atoms with Gasteiger partial charge in [0.15, 0.2) is 0 Å². The Hall–Kier alpha value is -0.570. The Morgan fingerprint density at radius 2 is 1.58 bits per heavy atom. The maximum atomic E-state index is 11.7. The molecule has 2 heterocycles. The molecule has 1 N–H and O–H groups in total. The number of piperidine rings is 1. The zero-order valence-electron chi connectivity index (χ0n) is 12.5. The van der Waals surface area contributed by atoms with Crippen LogP contribution in [0.3, 0.4) is 0 Å². The molecular weight excluding hydrogens is 236 g/mol. The highest BCUT2D eigenvalue weighted by molar-refractivity contribution is 5.79. The number of nitrogens with zero attached hydrogens (tertiary/aromatic N) is 1. The van der Waals surface area contributed by atoms with Crippen LogP contribution in [0.1, 0.15) is 58.3 Å². The van der Waals surface area contributed by atoms with Crippen molar-refractivity contribution in [1.29, 1.82) is 0 Å². The predicted octanol–water partition coefficient (Wildman–Crippen LogP) is 2.80. The molecule has 0 aromatic rings. The van der Waals surface area contributed by atoms with Crippen LogP contribution in [-0.4, -0.2) is 37.0 Å². The van der Waals surface area contributed by atoms with E-state index >= 15 is 0 Å². The molecule has 0 bridgehead atoms. The van der Waals surface area contributed by atoms with E-state index in [2.05, 4.69) is 12.2 Å². The molecule has 1 amide bonds. The third kappa shape index (κ3) is 4.79. The first-order valence-electron chi connectivity index (χ1n) is 8.27. The highest BCUT2D eigenvalue weighted by atomic mass is 16.2. The molecule has 3 rings (SSSR count). The molecule has 1 saturated carbocycles. The van der Waals surface area contributed by atoms with Crippen molar-refractivity contribution in [3.8, 4) is 0 Å². The van der Waals surface area contributed by atoms with E-state index in [4.69, 9.17) is 0 Å². The Balaban J connectivity index is 0.000000163. The number of amides is 1. The monoisotopic (exact) mass is 266 g/mol. The molecule has 0 unspecified atom stereocenters. The first-order chi connectivity index (χ1) is 9.27. The van der Waals surface area contributed by atoms with Gasteiger partial charge in [-0.25, -0.2) is 0 Å². The Kier molecular flexibility index (Phi) is 6.15. The summed E-state index contributed by atoms with van der Waals surface area (Å²) in [6, 6.07) is 0. The molecule has 3 fully saturated rings. The minimum absolute atomic E-state index is 0.388. The van der Waals surface area contributed by atoms with Gasteiger partial charge in [-0.3, -0.25) is 4.79 Å². The summed E-state index contributed by atoms with van der Waals surface area (Å²) in [5.41, 5.74) is 0. The van der Waals surface area contributed by atoms with Gasteiger partial charge in [0, 0.05) is 19.0 Å². The van der Waals surface area contributed by atoms with E-state index in [-0.39, 0.29) is 0 Å². The lowest BCUT2D eigenvalue weighted by molar-refractivity contribution is -0.140. The minimum Gasteiger partial charge on any atom is -0.342 e. The third-order valence-corrected chi connectivity index (χ3v) is 4.75. The van der Waals surface area contributed by atoms with Crippen molar-refractivity contribution >= 4 is 5.91 Å². The number of carbonyl (C=O) groups is 1. The molecule has 0 atom stereocenters. The van der Waals surface area contributed by atoms with Crippen LogP contribution in [0.25, 0.3) is 0 Å². The number of rotatable bonds is 1. The van der Waals surface area contributed by atoms with Crippen molar-refractivity contribution in [2.24, 2.45) is 11.8 Å². The average molecular weight is 266 g/mol. The third-order valence-electron chi connectivity index (χ3n) is 4.75. The van der Waals surface area contributed by atoms with Crippen molar-refractivity contribution in [2.75, 3.05) is 26.2 Å². The van der Waals surface area contributed by atoms with Gasteiger partial charge in [-0.1, -0.05) is 26.2 Å². The first kappa shape index (κ1) is 14.8. The van der Waals surface area contributed by atoms with Gasteiger partial charge in [0.2, 0.25) is 5.91 Å². The fourth-order valence-electron chi connectivity index (χ4n) is 3.11. The van der Waals surface area contributed by atoms with Crippen LogP contribution < -0.4 is 5.32 Å². The number of likely N-dealkylation sites (tertiary alicyclic amines) is 1. The van der Waals surface area contributed by atoms with Crippen molar-refractivity contribution in [1.82, 2.24) is 10.2 Å². The minimum atomic E-state index is 0.388. The molecule has 2 aliphatic heterocycles. The van der Waals surface area contributed by atoms with E-state index in [1.54, 1.807) is 0 Å². The largest absolute Gasteiger partial charge is 0.342 e. The van der Waals surface area contributed by atoms with Crippen LogP contribution in [0.4, 0.5) is 0 Å². The SMILES string of the molecule is CC1CCNCC1.O=C(C1CCCCC1)N1CCC1. The summed E-state index contributed by atoms with van der Waals surface area (Å²) in [5.74, 6) is 1.81. The van der Waals surface area contributed by atoms with Gasteiger partial charge in [-0.15, -0.1) is 0 Å². The molecule has 110 valence electrons. The Labute approximate surface area is 118 Å². The van der Waals surface area contributed by atoms with Crippen LogP contribution in [0.5, 0.6) is 0 Å². The van der Waals surface area contributed by atoms with Gasteiger partial charge < -0.3 is 10.2 Å². The second-order valence-electron chi connectivity index (χ2n) is 6.45. The van der Waals surface area contributed by atoms with Gasteiger partial charge >= 0.3 is 0 Å². The molecule has 3 nitrogen and oxygen atoms in total. The average Bonchev–Trinajstić information content (AvgIpc) is 2.39. The lowest BCUT2D eigenvalue weighted by atomic mass is 9.87. The molecule has 3 aliphatic rings. The molecule has 0 aromatic heterocycles. The molecule has 3 heteroatoms. The second kappa shape index (κ2) is 7.88. The molecular formula is C16H30N2O. The Morgan fingerprint density at radius 1 is 0.947 bits per heavy atom. The van der Waals surface area contributed by atoms with Crippen LogP contribution in [0.2, 0.25) is 0 Å². The lowest BCUT2D eigenvalue weighted by Gasteiger charge is -2.35. The summed E-state index contributed by atoms with van der Waals surface area (Å²) in [6.07, 6.45) is 10.1. The number of hydrogen-bond donors (Lipinski definition) is 1. The van der Waals surface area contributed by atoms with E-state index in [0.29, 0.717) is 11.8 Å². The summed E-state index contributed by atoms with van der Waals surface area (Å²) < 4.78 is 0. The van der Waals surface area contributed by atoms with Gasteiger partial charge in [0.1, 0.15) is 0 Å². The van der Waals surface area contributed by atoms with Crippen LogP contribution in [0, 0.1) is 11.8 Å². The van der Waals surface area contributed by atoms with Gasteiger partial charge in [0.05, 0.1) is 0 Å². The summed E-state index contributed by atoms with van der Waals surface area (Å²) in [4.78, 5) is 13.7. The summed E-state index contributed by atoms with van der Waals surface area (Å²) in [5, 5.41) is 3.32. The van der Waals surface area contributed by atoms with E-state index in [0.717, 1.165) is 31.8 Å². The number of hydrogen-bond acceptors (Lipinski definition) is 2. The van der Waals surface area contributed by atoms with Crippen molar-refractivity contribution in [3.63, 3.8) is 0 Å². The highest BCUT2D eigenvalue weighted by Crippen LogP contribution is 2.26. The Morgan fingerprint density at radius 3 is 2.00 bits per heavy atom. The van der Waals surface area contributed by atoms with E-state index in [1.807, 2.05) is 4.90 Å². The molecule has 1 aliphatic carbocycles. The predicted molar refractivity (Wildman–Crippen MR) is 79.0 cm³/mol. The van der Waals surface area contributed by atoms with Crippen molar-refractivity contribution < 1.29 is 4.79 Å². The zero-order chi connectivity index (χ0) is 13.5. The maximum Gasteiger partial charge on any atom is 0.225 e. The fraction of sp³-hybridized carbons (Fsp3) is 0.938. The molecule has 2 saturated heterocycles. The van der Waals surface area contributed by atoms with Crippen LogP contribution in [-0.2, 0) is 4.79 Å². The molecule has 0 spiro atoms. The first-order valence-corrected chi connectivity index (χ1v) is 8.27. The number of nitrogens with one attached hydrogen (secondary N) is 1. The number of carbonyl (C=O) groups excluding carboxylic acids is 1. The van der Waals surface area contributed by atoms with E-state index in [9.17, 15) is 4.79 Å². The summed E-state index contributed by atoms with van der Waals surface area (Å²) >= 11 is 0. The maximum absolute atomic E-state index is 11.7. The topological polar surface area (TPSA) is 32.3 Å². The Bertz CT molecular complexity index is 264. The normalized spacial score (nSPS) is 25.2. The quantitative estimate of drug-likeness (QED) is 0.791. The van der Waals surface area contributed by atoms with Crippen molar-refractivity contribution in [2.45, 2.75) is 58.3 Å². The van der Waals surface area contributed by atoms with Crippen LogP contribution >= 0.6 is 0 Å². The lowest BCUT2D eigenvalue weighted by Crippen LogP contribution is -2.45. The van der Waals surface area contributed by atoms with Crippen LogP contribution in [0.15, 0.2) is 0 Å². The molecule has 0 aromatic carbocycles. The summed E-state index contributed by atoms with van der Waals surface area (Å²) in [7, 11) is 0. The van der Waals surface area contributed by atoms with Crippen molar-refractivity contribution in [3.05, 3.63) is 0 Å². The van der Waals surface area contributed by atoms with E-state index < -0.39 is 0 Å². The standard InChI is InChI=1S/C10H17NO.C6H13N/c12-10(11-7-4-8-11)9-5-2-1-3-6-9;1-6-2-4-7-5-3-6/h9H,1-8H2;6-7H,2-5H2,1H3. The van der Waals surface area contributed by atoms with Gasteiger partial charge in [-0.05, 0) is 51.1 Å². The van der Waals surface area contributed by atoms with Gasteiger partial charge in [0.25, 0.3) is 0 Å².